The number of hydrogen-bond acceptors (Lipinski definition) is 7. The van der Waals surface area contributed by atoms with E-state index in [1.807, 2.05) is 0 Å². The smallest absolute Gasteiger partial charge is 0.252 e. The van der Waals surface area contributed by atoms with Gasteiger partial charge in [-0.25, -0.2) is 8.42 Å². The van der Waals surface area contributed by atoms with Crippen LogP contribution in [0.1, 0.15) is 24.1 Å². The molecule has 2 aromatic rings. The Balaban J connectivity index is 1.76. The molecule has 130 valence electrons. The molecule has 0 spiro atoms. The first-order valence-corrected chi connectivity index (χ1v) is 8.94. The lowest BCUT2D eigenvalue weighted by molar-refractivity contribution is 0.151. The summed E-state index contributed by atoms with van der Waals surface area (Å²) in [6.07, 6.45) is 0.648. The third kappa shape index (κ3) is 3.28. The molecule has 0 N–H and O–H groups in total. The SMILES string of the molecule is COCc1nc(C2CCN(S(=O)(=O)c3cccc(OC)c3)C2)no1. The van der Waals surface area contributed by atoms with Crippen molar-refractivity contribution in [2.24, 2.45) is 0 Å². The summed E-state index contributed by atoms with van der Waals surface area (Å²) in [6.45, 7) is 0.982. The van der Waals surface area contributed by atoms with Gasteiger partial charge in [-0.3, -0.25) is 0 Å². The minimum Gasteiger partial charge on any atom is -0.497 e. The quantitative estimate of drug-likeness (QED) is 0.774. The standard InChI is InChI=1S/C15H19N3O5S/c1-21-10-14-16-15(17-23-14)11-6-7-18(9-11)24(19,20)13-5-3-4-12(8-13)22-2/h3-5,8,11H,6-7,9-10H2,1-2H3. The highest BCUT2D eigenvalue weighted by Gasteiger charge is 2.35. The highest BCUT2D eigenvalue weighted by Crippen LogP contribution is 2.30. The van der Waals surface area contributed by atoms with E-state index in [1.165, 1.54) is 17.5 Å². The van der Waals surface area contributed by atoms with Crippen molar-refractivity contribution in [2.75, 3.05) is 27.3 Å². The molecule has 8 nitrogen and oxygen atoms in total. The molecule has 1 saturated heterocycles. The monoisotopic (exact) mass is 353 g/mol. The van der Waals surface area contributed by atoms with E-state index in [2.05, 4.69) is 10.1 Å². The number of benzene rings is 1. The molecular weight excluding hydrogens is 334 g/mol. The van der Waals surface area contributed by atoms with Crippen LogP contribution in [-0.2, 0) is 21.4 Å². The van der Waals surface area contributed by atoms with Gasteiger partial charge >= 0.3 is 0 Å². The lowest BCUT2D eigenvalue weighted by Gasteiger charge is -2.16. The Morgan fingerprint density at radius 3 is 2.96 bits per heavy atom. The van der Waals surface area contributed by atoms with Crippen molar-refractivity contribution in [2.45, 2.75) is 23.8 Å². The molecule has 1 aliphatic rings. The second-order valence-corrected chi connectivity index (χ2v) is 7.44. The molecule has 1 aliphatic heterocycles. The molecule has 1 unspecified atom stereocenters. The molecule has 1 atom stereocenters. The Hall–Kier alpha value is -1.97. The molecule has 0 bridgehead atoms. The van der Waals surface area contributed by atoms with Gasteiger partial charge in [0.15, 0.2) is 5.82 Å². The lowest BCUT2D eigenvalue weighted by atomic mass is 10.1. The maximum Gasteiger partial charge on any atom is 0.252 e. The highest BCUT2D eigenvalue weighted by atomic mass is 32.2. The Kier molecular flexibility index (Phi) is 4.83. The highest BCUT2D eigenvalue weighted by molar-refractivity contribution is 7.89. The van der Waals surface area contributed by atoms with Crippen LogP contribution in [0.2, 0.25) is 0 Å². The number of aromatic nitrogens is 2. The van der Waals surface area contributed by atoms with Crippen LogP contribution in [-0.4, -0.2) is 50.2 Å². The van der Waals surface area contributed by atoms with Crippen LogP contribution in [0.15, 0.2) is 33.7 Å². The first kappa shape index (κ1) is 16.9. The van der Waals surface area contributed by atoms with Gasteiger partial charge in [-0.05, 0) is 18.6 Å². The predicted octanol–water partition coefficient (Wildman–Crippen LogP) is 1.40. The first-order valence-electron chi connectivity index (χ1n) is 7.50. The van der Waals surface area contributed by atoms with Crippen LogP contribution in [0.3, 0.4) is 0 Å². The van der Waals surface area contributed by atoms with Crippen LogP contribution in [0.5, 0.6) is 5.75 Å². The molecule has 0 radical (unpaired) electrons. The Morgan fingerprint density at radius 2 is 2.21 bits per heavy atom. The molecule has 0 amide bonds. The number of sulfonamides is 1. The molecule has 9 heteroatoms. The van der Waals surface area contributed by atoms with E-state index in [4.69, 9.17) is 14.0 Å². The van der Waals surface area contributed by atoms with E-state index in [0.29, 0.717) is 37.0 Å². The van der Waals surface area contributed by atoms with Crippen LogP contribution in [0, 0.1) is 0 Å². The van der Waals surface area contributed by atoms with Crippen LogP contribution >= 0.6 is 0 Å². The van der Waals surface area contributed by atoms with E-state index in [-0.39, 0.29) is 17.4 Å². The Bertz CT molecular complexity index is 805. The Labute approximate surface area is 140 Å². The van der Waals surface area contributed by atoms with Gasteiger partial charge in [-0.2, -0.15) is 9.29 Å². The predicted molar refractivity (Wildman–Crippen MR) is 84.1 cm³/mol. The lowest BCUT2D eigenvalue weighted by Crippen LogP contribution is -2.28. The van der Waals surface area contributed by atoms with Gasteiger partial charge in [-0.1, -0.05) is 11.2 Å². The summed E-state index contributed by atoms with van der Waals surface area (Å²) in [6, 6.07) is 6.46. The van der Waals surface area contributed by atoms with E-state index in [9.17, 15) is 8.42 Å². The fourth-order valence-corrected chi connectivity index (χ4v) is 4.22. The number of nitrogens with zero attached hydrogens (tertiary/aromatic N) is 3. The van der Waals surface area contributed by atoms with Crippen LogP contribution < -0.4 is 4.74 Å². The van der Waals surface area contributed by atoms with E-state index < -0.39 is 10.0 Å². The zero-order chi connectivity index (χ0) is 17.2. The van der Waals surface area contributed by atoms with Crippen molar-refractivity contribution in [3.63, 3.8) is 0 Å². The van der Waals surface area contributed by atoms with Gasteiger partial charge in [0.2, 0.25) is 10.0 Å². The summed E-state index contributed by atoms with van der Waals surface area (Å²) in [5.41, 5.74) is 0. The molecule has 2 heterocycles. The van der Waals surface area contributed by atoms with Crippen molar-refractivity contribution in [1.82, 2.24) is 14.4 Å². The maximum atomic E-state index is 12.8. The van der Waals surface area contributed by atoms with Gasteiger partial charge in [0.1, 0.15) is 12.4 Å². The fourth-order valence-electron chi connectivity index (χ4n) is 2.68. The second-order valence-electron chi connectivity index (χ2n) is 5.51. The van der Waals surface area contributed by atoms with Crippen LogP contribution in [0.25, 0.3) is 0 Å². The Morgan fingerprint density at radius 1 is 1.38 bits per heavy atom. The number of rotatable bonds is 6. The van der Waals surface area contributed by atoms with Crippen molar-refractivity contribution >= 4 is 10.0 Å². The van der Waals surface area contributed by atoms with Crippen molar-refractivity contribution in [1.29, 1.82) is 0 Å². The first-order chi connectivity index (χ1) is 11.5. The molecule has 3 rings (SSSR count). The average Bonchev–Trinajstić information content (AvgIpc) is 3.24. The molecule has 1 aromatic carbocycles. The third-order valence-electron chi connectivity index (χ3n) is 3.95. The normalized spacial score (nSPS) is 18.8. The van der Waals surface area contributed by atoms with Gasteiger partial charge in [0.05, 0.1) is 12.0 Å². The van der Waals surface area contributed by atoms with Crippen molar-refractivity contribution < 1.29 is 22.4 Å². The second kappa shape index (κ2) is 6.88. The van der Waals surface area contributed by atoms with Gasteiger partial charge < -0.3 is 14.0 Å². The summed E-state index contributed by atoms with van der Waals surface area (Å²) in [4.78, 5) is 4.47. The molecular formula is C15H19N3O5S. The van der Waals surface area contributed by atoms with Crippen molar-refractivity contribution in [3.8, 4) is 5.75 Å². The summed E-state index contributed by atoms with van der Waals surface area (Å²) in [7, 11) is -0.524. The number of hydrogen-bond donors (Lipinski definition) is 0. The summed E-state index contributed by atoms with van der Waals surface area (Å²) < 4.78 is 42.1. The summed E-state index contributed by atoms with van der Waals surface area (Å²) >= 11 is 0. The molecule has 24 heavy (non-hydrogen) atoms. The van der Waals surface area contributed by atoms with E-state index in [1.54, 1.807) is 25.3 Å². The van der Waals surface area contributed by atoms with E-state index >= 15 is 0 Å². The maximum absolute atomic E-state index is 12.8. The number of methoxy groups -OCH3 is 2. The minimum absolute atomic E-state index is 0.0836. The molecule has 1 fully saturated rings. The molecule has 1 aromatic heterocycles. The zero-order valence-corrected chi connectivity index (χ0v) is 14.3. The van der Waals surface area contributed by atoms with Gasteiger partial charge in [0.25, 0.3) is 5.89 Å². The molecule has 0 aliphatic carbocycles. The topological polar surface area (TPSA) is 94.8 Å². The van der Waals surface area contributed by atoms with Crippen molar-refractivity contribution in [3.05, 3.63) is 36.0 Å². The third-order valence-corrected chi connectivity index (χ3v) is 5.81. The van der Waals surface area contributed by atoms with Gasteiger partial charge in [-0.15, -0.1) is 0 Å². The fraction of sp³-hybridized carbons (Fsp3) is 0.467. The number of ether oxygens (including phenoxy) is 2. The summed E-state index contributed by atoms with van der Waals surface area (Å²) in [5.74, 6) is 1.33. The summed E-state index contributed by atoms with van der Waals surface area (Å²) in [5, 5.41) is 3.93. The minimum atomic E-state index is -3.57. The van der Waals surface area contributed by atoms with Crippen LogP contribution in [0.4, 0.5) is 0 Å². The zero-order valence-electron chi connectivity index (χ0n) is 13.5. The van der Waals surface area contributed by atoms with E-state index in [0.717, 1.165) is 0 Å². The average molecular weight is 353 g/mol. The van der Waals surface area contributed by atoms with Gasteiger partial charge in [0, 0.05) is 32.2 Å². The molecule has 0 saturated carbocycles. The largest absolute Gasteiger partial charge is 0.497 e.